The zero-order chi connectivity index (χ0) is 15.3. The van der Waals surface area contributed by atoms with Crippen LogP contribution in [0.15, 0.2) is 29.2 Å². The van der Waals surface area contributed by atoms with E-state index in [4.69, 9.17) is 10.4 Å². The maximum atomic E-state index is 12.4. The third-order valence-electron chi connectivity index (χ3n) is 2.48. The summed E-state index contributed by atoms with van der Waals surface area (Å²) in [5.74, 6) is -1.23. The van der Waals surface area contributed by atoms with Crippen molar-refractivity contribution >= 4 is 16.0 Å². The maximum Gasteiger partial charge on any atom is 0.318 e. The number of carboxylic acids is 1. The number of benzene rings is 1. The molecule has 1 N–H and O–H groups in total. The minimum absolute atomic E-state index is 0.0109. The molecule has 0 saturated heterocycles. The predicted octanol–water partition coefficient (Wildman–Crippen LogP) is 1.29. The molecule has 0 fully saturated rings. The van der Waals surface area contributed by atoms with Crippen LogP contribution in [0.1, 0.15) is 19.4 Å². The molecule has 0 heterocycles. The molecule has 0 bridgehead atoms. The van der Waals surface area contributed by atoms with Gasteiger partial charge in [-0.25, -0.2) is 8.42 Å². The molecule has 7 heteroatoms. The van der Waals surface area contributed by atoms with E-state index in [1.165, 1.54) is 24.3 Å². The number of nitriles is 1. The van der Waals surface area contributed by atoms with Crippen molar-refractivity contribution in [2.45, 2.75) is 18.7 Å². The van der Waals surface area contributed by atoms with Gasteiger partial charge in [-0.1, -0.05) is 19.9 Å². The van der Waals surface area contributed by atoms with Gasteiger partial charge in [0.05, 0.1) is 16.5 Å². The largest absolute Gasteiger partial charge is 0.480 e. The number of carboxylic acid groups (broad SMARTS) is 1. The molecule has 0 aromatic heterocycles. The van der Waals surface area contributed by atoms with Crippen molar-refractivity contribution in [3.8, 4) is 6.07 Å². The van der Waals surface area contributed by atoms with Crippen LogP contribution in [0, 0.1) is 17.2 Å². The molecule has 1 aromatic carbocycles. The van der Waals surface area contributed by atoms with Crippen molar-refractivity contribution in [3.05, 3.63) is 29.8 Å². The van der Waals surface area contributed by atoms with E-state index in [-0.39, 0.29) is 22.9 Å². The van der Waals surface area contributed by atoms with Crippen molar-refractivity contribution in [1.29, 1.82) is 5.26 Å². The second-order valence-electron chi connectivity index (χ2n) is 4.72. The van der Waals surface area contributed by atoms with Crippen molar-refractivity contribution < 1.29 is 18.3 Å². The lowest BCUT2D eigenvalue weighted by Gasteiger charge is -2.22. The summed E-state index contributed by atoms with van der Waals surface area (Å²) in [7, 11) is -3.92. The average Bonchev–Trinajstić information content (AvgIpc) is 2.37. The molecule has 0 saturated carbocycles. The highest BCUT2D eigenvalue weighted by atomic mass is 32.2. The molecule has 0 aliphatic rings. The van der Waals surface area contributed by atoms with Crippen molar-refractivity contribution in [3.63, 3.8) is 0 Å². The molecule has 0 atom stereocenters. The van der Waals surface area contributed by atoms with Crippen LogP contribution in [0.5, 0.6) is 0 Å². The first-order valence-corrected chi connectivity index (χ1v) is 7.43. The van der Waals surface area contributed by atoms with Gasteiger partial charge in [-0.15, -0.1) is 0 Å². The monoisotopic (exact) mass is 296 g/mol. The normalized spacial score (nSPS) is 11.6. The van der Waals surface area contributed by atoms with Crippen LogP contribution >= 0.6 is 0 Å². The van der Waals surface area contributed by atoms with Crippen LogP contribution in [-0.2, 0) is 14.8 Å². The highest BCUT2D eigenvalue weighted by molar-refractivity contribution is 7.89. The summed E-state index contributed by atoms with van der Waals surface area (Å²) >= 11 is 0. The summed E-state index contributed by atoms with van der Waals surface area (Å²) in [5.41, 5.74) is 0.214. The Morgan fingerprint density at radius 3 is 2.60 bits per heavy atom. The second kappa shape index (κ2) is 6.50. The standard InChI is InChI=1S/C13H16N2O4S/c1-10(2)8-15(9-13(16)17)20(18,19)12-5-3-4-11(6-12)7-14/h3-6,10H,8-9H2,1-2H3,(H,16,17). The second-order valence-corrected chi connectivity index (χ2v) is 6.66. The Labute approximate surface area is 118 Å². The fourth-order valence-electron chi connectivity index (χ4n) is 1.68. The van der Waals surface area contributed by atoms with Gasteiger partial charge in [-0.05, 0) is 24.1 Å². The van der Waals surface area contributed by atoms with Crippen molar-refractivity contribution in [1.82, 2.24) is 4.31 Å². The van der Waals surface area contributed by atoms with Crippen molar-refractivity contribution in [2.75, 3.05) is 13.1 Å². The first-order chi connectivity index (χ1) is 9.27. The molecular formula is C13H16N2O4S. The molecular weight excluding hydrogens is 280 g/mol. The van der Waals surface area contributed by atoms with Gasteiger partial charge in [0.1, 0.15) is 6.54 Å². The quantitative estimate of drug-likeness (QED) is 0.852. The molecule has 1 aromatic rings. The van der Waals surface area contributed by atoms with Crippen LogP contribution in [-0.4, -0.2) is 36.9 Å². The van der Waals surface area contributed by atoms with Crippen LogP contribution in [0.3, 0.4) is 0 Å². The highest BCUT2D eigenvalue weighted by Gasteiger charge is 2.27. The van der Waals surface area contributed by atoms with Gasteiger partial charge < -0.3 is 5.11 Å². The van der Waals surface area contributed by atoms with Gasteiger partial charge in [-0.2, -0.15) is 9.57 Å². The molecule has 108 valence electrons. The highest BCUT2D eigenvalue weighted by Crippen LogP contribution is 2.18. The molecule has 0 radical (unpaired) electrons. The van der Waals surface area contributed by atoms with Crippen LogP contribution < -0.4 is 0 Å². The van der Waals surface area contributed by atoms with E-state index in [1.807, 2.05) is 6.07 Å². The summed E-state index contributed by atoms with van der Waals surface area (Å²) < 4.78 is 25.8. The molecule has 20 heavy (non-hydrogen) atoms. The van der Waals surface area contributed by atoms with Crippen LogP contribution in [0.25, 0.3) is 0 Å². The Balaban J connectivity index is 3.21. The summed E-state index contributed by atoms with van der Waals surface area (Å²) in [5, 5.41) is 17.7. The Bertz CT molecular complexity index is 632. The predicted molar refractivity (Wildman–Crippen MR) is 72.4 cm³/mol. The average molecular weight is 296 g/mol. The van der Waals surface area contributed by atoms with Gasteiger partial charge >= 0.3 is 5.97 Å². The number of rotatable bonds is 6. The SMILES string of the molecule is CC(C)CN(CC(=O)O)S(=O)(=O)c1cccc(C#N)c1. The smallest absolute Gasteiger partial charge is 0.318 e. The Morgan fingerprint density at radius 1 is 1.45 bits per heavy atom. The van der Waals surface area contributed by atoms with Crippen molar-refractivity contribution in [2.24, 2.45) is 5.92 Å². The van der Waals surface area contributed by atoms with E-state index < -0.39 is 22.5 Å². The van der Waals surface area contributed by atoms with E-state index in [0.29, 0.717) is 0 Å². The number of carbonyl (C=O) groups is 1. The zero-order valence-electron chi connectivity index (χ0n) is 11.3. The lowest BCUT2D eigenvalue weighted by molar-refractivity contribution is -0.137. The van der Waals surface area contributed by atoms with Gasteiger partial charge in [0, 0.05) is 6.54 Å². The molecule has 0 amide bonds. The number of nitrogens with zero attached hydrogens (tertiary/aromatic N) is 2. The van der Waals surface area contributed by atoms with E-state index in [0.717, 1.165) is 4.31 Å². The first-order valence-electron chi connectivity index (χ1n) is 5.99. The van der Waals surface area contributed by atoms with Crippen LogP contribution in [0.2, 0.25) is 0 Å². The number of hydrogen-bond acceptors (Lipinski definition) is 4. The minimum atomic E-state index is -3.92. The number of hydrogen-bond donors (Lipinski definition) is 1. The first kappa shape index (κ1) is 16.1. The molecule has 6 nitrogen and oxygen atoms in total. The maximum absolute atomic E-state index is 12.4. The third-order valence-corrected chi connectivity index (χ3v) is 4.29. The van der Waals surface area contributed by atoms with Gasteiger partial charge in [-0.3, -0.25) is 4.79 Å². The number of aliphatic carboxylic acids is 1. The Hall–Kier alpha value is -1.91. The fourth-order valence-corrected chi connectivity index (χ4v) is 3.28. The lowest BCUT2D eigenvalue weighted by atomic mass is 10.2. The van der Waals surface area contributed by atoms with Crippen LogP contribution in [0.4, 0.5) is 0 Å². The van der Waals surface area contributed by atoms with Gasteiger partial charge in [0.25, 0.3) is 0 Å². The molecule has 1 rings (SSSR count). The summed E-state index contributed by atoms with van der Waals surface area (Å²) in [6, 6.07) is 7.40. The molecule has 0 unspecified atom stereocenters. The van der Waals surface area contributed by atoms with E-state index >= 15 is 0 Å². The Kier molecular flexibility index (Phi) is 5.25. The summed E-state index contributed by atoms with van der Waals surface area (Å²) in [6.45, 7) is 3.11. The topological polar surface area (TPSA) is 98.5 Å². The van der Waals surface area contributed by atoms with E-state index in [1.54, 1.807) is 13.8 Å². The molecule has 0 aliphatic carbocycles. The summed E-state index contributed by atoms with van der Waals surface area (Å²) in [6.07, 6.45) is 0. The van der Waals surface area contributed by atoms with Gasteiger partial charge in [0.15, 0.2) is 0 Å². The van der Waals surface area contributed by atoms with Gasteiger partial charge in [0.2, 0.25) is 10.0 Å². The zero-order valence-corrected chi connectivity index (χ0v) is 12.1. The molecule has 0 spiro atoms. The molecule has 0 aliphatic heterocycles. The Morgan fingerprint density at radius 2 is 2.10 bits per heavy atom. The van der Waals surface area contributed by atoms with E-state index in [2.05, 4.69) is 0 Å². The number of sulfonamides is 1. The third kappa shape index (κ3) is 4.05. The summed E-state index contributed by atoms with van der Waals surface area (Å²) in [4.78, 5) is 10.8. The van der Waals surface area contributed by atoms with E-state index in [9.17, 15) is 13.2 Å². The fraction of sp³-hybridized carbons (Fsp3) is 0.385. The minimum Gasteiger partial charge on any atom is -0.480 e. The lowest BCUT2D eigenvalue weighted by Crippen LogP contribution is -2.38.